The highest BCUT2D eigenvalue weighted by atomic mass is 31.2. The Morgan fingerprint density at radius 2 is 0.667 bits per heavy atom. The average Bonchev–Trinajstić information content (AvgIpc) is 2.48. The van der Waals surface area contributed by atoms with Crippen molar-refractivity contribution in [3.8, 4) is 0 Å². The molecule has 0 atom stereocenters. The van der Waals surface area contributed by atoms with Crippen molar-refractivity contribution in [1.29, 1.82) is 0 Å². The largest absolute Gasteiger partial charge is 0.0852 e. The summed E-state index contributed by atoms with van der Waals surface area (Å²) in [5.41, 5.74) is 0. The molecule has 0 saturated carbocycles. The van der Waals surface area contributed by atoms with Crippen LogP contribution in [0, 0.1) is 0 Å². The van der Waals surface area contributed by atoms with E-state index in [0.717, 1.165) is 25.7 Å². The van der Waals surface area contributed by atoms with Crippen LogP contribution in [0.25, 0.3) is 0 Å². The second-order valence-corrected chi connectivity index (χ2v) is 9.73. The molecule has 0 spiro atoms. The summed E-state index contributed by atoms with van der Waals surface area (Å²) in [4.78, 5) is 0. The molecule has 0 aromatic heterocycles. The molecule has 0 amide bonds. The van der Waals surface area contributed by atoms with Crippen LogP contribution in [-0.4, -0.2) is 24.6 Å². The van der Waals surface area contributed by atoms with Gasteiger partial charge in [0.2, 0.25) is 0 Å². The molecule has 0 radical (unpaired) electrons. The summed E-state index contributed by atoms with van der Waals surface area (Å²) in [5, 5.41) is 0. The Morgan fingerprint density at radius 1 is 0.429 bits per heavy atom. The molecule has 0 aromatic carbocycles. The van der Waals surface area contributed by atoms with E-state index in [-0.39, 0.29) is 0 Å². The minimum Gasteiger partial charge on any atom is -0.0852 e. The van der Waals surface area contributed by atoms with Gasteiger partial charge >= 0.3 is 0 Å². The SMILES string of the molecule is CCC=CC[P+](CC=CCC)(CC=CCC)CC=CCC. The lowest BCUT2D eigenvalue weighted by molar-refractivity contribution is 1.20. The predicted molar refractivity (Wildman–Crippen MR) is 104 cm³/mol. The van der Waals surface area contributed by atoms with Crippen molar-refractivity contribution in [3.05, 3.63) is 48.6 Å². The maximum absolute atomic E-state index is 2.44. The van der Waals surface area contributed by atoms with Gasteiger partial charge in [-0.3, -0.25) is 0 Å². The Bertz CT molecular complexity index is 264. The molecule has 0 bridgehead atoms. The zero-order valence-corrected chi connectivity index (χ0v) is 15.6. The zero-order chi connectivity index (χ0) is 15.8. The van der Waals surface area contributed by atoms with Crippen LogP contribution in [0.3, 0.4) is 0 Å². The molecule has 0 saturated heterocycles. The van der Waals surface area contributed by atoms with Crippen molar-refractivity contribution in [2.45, 2.75) is 53.4 Å². The lowest BCUT2D eigenvalue weighted by Crippen LogP contribution is -2.08. The maximum atomic E-state index is 2.44. The molecule has 0 aliphatic rings. The van der Waals surface area contributed by atoms with Gasteiger partial charge in [-0.2, -0.15) is 0 Å². The van der Waals surface area contributed by atoms with E-state index in [1.54, 1.807) is 0 Å². The highest BCUT2D eigenvalue weighted by molar-refractivity contribution is 7.76. The normalized spacial score (nSPS) is 15.8. The molecule has 21 heavy (non-hydrogen) atoms. The highest BCUT2D eigenvalue weighted by Gasteiger charge is 2.32. The quantitative estimate of drug-likeness (QED) is 0.272. The Balaban J connectivity index is 5.02. The highest BCUT2D eigenvalue weighted by Crippen LogP contribution is 2.59. The minimum absolute atomic E-state index is 0.962. The van der Waals surface area contributed by atoms with Crippen molar-refractivity contribution >= 4 is 7.26 Å². The first-order valence-electron chi connectivity index (χ1n) is 8.69. The topological polar surface area (TPSA) is 0 Å². The Morgan fingerprint density at radius 3 is 0.857 bits per heavy atom. The molecular weight excluding hydrogens is 271 g/mol. The monoisotopic (exact) mass is 307 g/mol. The summed E-state index contributed by atoms with van der Waals surface area (Å²) in [6.45, 7) is 8.90. The molecule has 120 valence electrons. The summed E-state index contributed by atoms with van der Waals surface area (Å²) in [5.74, 6) is 0. The van der Waals surface area contributed by atoms with Gasteiger partial charge in [-0.05, 0) is 25.7 Å². The van der Waals surface area contributed by atoms with Gasteiger partial charge in [-0.15, -0.1) is 0 Å². The summed E-state index contributed by atoms with van der Waals surface area (Å²) in [7, 11) is -0.962. The van der Waals surface area contributed by atoms with Crippen LogP contribution in [-0.2, 0) is 0 Å². The Hall–Kier alpha value is -0.610. The molecule has 0 aliphatic heterocycles. The van der Waals surface area contributed by atoms with Crippen molar-refractivity contribution in [3.63, 3.8) is 0 Å². The molecule has 0 aromatic rings. The van der Waals surface area contributed by atoms with E-state index < -0.39 is 7.26 Å². The Kier molecular flexibility index (Phi) is 13.9. The fraction of sp³-hybridized carbons (Fsp3) is 0.600. The van der Waals surface area contributed by atoms with E-state index in [9.17, 15) is 0 Å². The smallest absolute Gasteiger partial charge is 0.0782 e. The summed E-state index contributed by atoms with van der Waals surface area (Å²) in [6, 6.07) is 0. The van der Waals surface area contributed by atoms with E-state index in [4.69, 9.17) is 0 Å². The predicted octanol–water partition coefficient (Wildman–Crippen LogP) is 6.87. The van der Waals surface area contributed by atoms with Crippen LogP contribution >= 0.6 is 7.26 Å². The van der Waals surface area contributed by atoms with Gasteiger partial charge in [-0.25, -0.2) is 0 Å². The molecule has 0 heterocycles. The lowest BCUT2D eigenvalue weighted by atomic mass is 10.4. The van der Waals surface area contributed by atoms with E-state index in [2.05, 4.69) is 76.3 Å². The van der Waals surface area contributed by atoms with Crippen LogP contribution in [0.4, 0.5) is 0 Å². The van der Waals surface area contributed by atoms with Crippen LogP contribution in [0.15, 0.2) is 48.6 Å². The first-order chi connectivity index (χ1) is 10.2. The van der Waals surface area contributed by atoms with E-state index in [1.807, 2.05) is 0 Å². The van der Waals surface area contributed by atoms with Gasteiger partial charge in [0.05, 0.1) is 24.6 Å². The third-order valence-electron chi connectivity index (χ3n) is 3.58. The summed E-state index contributed by atoms with van der Waals surface area (Å²) >= 11 is 0. The molecule has 0 rings (SSSR count). The summed E-state index contributed by atoms with van der Waals surface area (Å²) < 4.78 is 0. The van der Waals surface area contributed by atoms with Gasteiger partial charge in [0.1, 0.15) is 0 Å². The van der Waals surface area contributed by atoms with Crippen LogP contribution in [0.5, 0.6) is 0 Å². The molecule has 0 unspecified atom stereocenters. The lowest BCUT2D eigenvalue weighted by Gasteiger charge is -2.23. The molecule has 0 aliphatic carbocycles. The van der Waals surface area contributed by atoms with Crippen molar-refractivity contribution in [2.24, 2.45) is 0 Å². The first kappa shape index (κ1) is 20.4. The standard InChI is InChI=1S/C20H36P/c1-5-9-13-17-21(18-14-10-6-2,19-15-11-7-3)20-16-12-8-4/h9-16H,5-8,17-20H2,1-4H3/q+1. The van der Waals surface area contributed by atoms with Crippen molar-refractivity contribution in [1.82, 2.24) is 0 Å². The third kappa shape index (κ3) is 10.7. The maximum Gasteiger partial charge on any atom is 0.0782 e. The summed E-state index contributed by atoms with van der Waals surface area (Å²) in [6.07, 6.45) is 28.9. The van der Waals surface area contributed by atoms with Crippen LogP contribution < -0.4 is 0 Å². The molecule has 0 nitrogen and oxygen atoms in total. The molecule has 1 heteroatoms. The zero-order valence-electron chi connectivity index (χ0n) is 14.7. The fourth-order valence-corrected chi connectivity index (χ4v) is 5.59. The van der Waals surface area contributed by atoms with Gasteiger partial charge < -0.3 is 0 Å². The van der Waals surface area contributed by atoms with Gasteiger partial charge in [0.15, 0.2) is 0 Å². The second-order valence-electron chi connectivity index (χ2n) is 5.59. The van der Waals surface area contributed by atoms with E-state index >= 15 is 0 Å². The molecular formula is C20H36P+. The van der Waals surface area contributed by atoms with Gasteiger partial charge in [-0.1, -0.05) is 76.3 Å². The fourth-order valence-electron chi connectivity index (χ4n) is 2.31. The number of hydrogen-bond acceptors (Lipinski definition) is 0. The van der Waals surface area contributed by atoms with Crippen molar-refractivity contribution in [2.75, 3.05) is 24.6 Å². The Labute approximate surface area is 134 Å². The average molecular weight is 307 g/mol. The number of allylic oxidation sites excluding steroid dienone is 8. The minimum atomic E-state index is -0.962. The van der Waals surface area contributed by atoms with Crippen LogP contribution in [0.1, 0.15) is 53.4 Å². The van der Waals surface area contributed by atoms with Crippen molar-refractivity contribution < 1.29 is 0 Å². The van der Waals surface area contributed by atoms with Crippen LogP contribution in [0.2, 0.25) is 0 Å². The third-order valence-corrected chi connectivity index (χ3v) is 7.52. The number of rotatable bonds is 12. The van der Waals surface area contributed by atoms with Gasteiger partial charge in [0.25, 0.3) is 0 Å². The van der Waals surface area contributed by atoms with E-state index in [1.165, 1.54) is 24.6 Å². The molecule has 0 fully saturated rings. The second kappa shape index (κ2) is 14.3. The first-order valence-corrected chi connectivity index (χ1v) is 11.2. The molecule has 0 N–H and O–H groups in total. The van der Waals surface area contributed by atoms with Gasteiger partial charge in [0, 0.05) is 7.26 Å². The van der Waals surface area contributed by atoms with E-state index in [0.29, 0.717) is 0 Å². The number of hydrogen-bond donors (Lipinski definition) is 0.